The van der Waals surface area contributed by atoms with E-state index in [0.717, 1.165) is 42.5 Å². The molecular formula is C27H26N4O2. The van der Waals surface area contributed by atoms with Gasteiger partial charge in [-0.25, -0.2) is 0 Å². The molecule has 2 aromatic heterocycles. The zero-order valence-corrected chi connectivity index (χ0v) is 18.5. The summed E-state index contributed by atoms with van der Waals surface area (Å²) in [5.74, 6) is -0.0186. The van der Waals surface area contributed by atoms with Crippen LogP contribution in [0.1, 0.15) is 53.7 Å². The number of hydrogen-bond donors (Lipinski definition) is 0. The van der Waals surface area contributed by atoms with Crippen LogP contribution in [0.3, 0.4) is 0 Å². The number of fused-ring (bicyclic) bond motifs is 2. The van der Waals surface area contributed by atoms with Crippen LogP contribution < -0.4 is 5.56 Å². The smallest absolute Gasteiger partial charge is 0.280 e. The number of benzene rings is 2. The molecule has 1 amide bonds. The maximum Gasteiger partial charge on any atom is 0.280 e. The molecule has 3 heterocycles. The highest BCUT2D eigenvalue weighted by Crippen LogP contribution is 2.31. The Hall–Kier alpha value is -3.67. The fourth-order valence-corrected chi connectivity index (χ4v) is 5.35. The third kappa shape index (κ3) is 3.37. The van der Waals surface area contributed by atoms with Crippen molar-refractivity contribution in [3.63, 3.8) is 0 Å². The Balaban J connectivity index is 1.53. The van der Waals surface area contributed by atoms with Crippen LogP contribution >= 0.6 is 0 Å². The first kappa shape index (κ1) is 20.0. The predicted octanol–water partition coefficient (Wildman–Crippen LogP) is 4.50. The van der Waals surface area contributed by atoms with E-state index in [4.69, 9.17) is 0 Å². The SMILES string of the molecule is O=C1c2c(c(=O)n3nc(-c4ccccc4)cc3n2Cc2ccccc2)CN1C1CCCCC1. The van der Waals surface area contributed by atoms with Gasteiger partial charge in [0.25, 0.3) is 11.5 Å². The highest BCUT2D eigenvalue weighted by Gasteiger charge is 2.38. The predicted molar refractivity (Wildman–Crippen MR) is 127 cm³/mol. The Morgan fingerprint density at radius 3 is 2.30 bits per heavy atom. The minimum absolute atomic E-state index is 0.0186. The number of carbonyl (C=O) groups is 1. The monoisotopic (exact) mass is 438 g/mol. The average Bonchev–Trinajstić information content (AvgIpc) is 3.46. The van der Waals surface area contributed by atoms with Crippen LogP contribution in [0.2, 0.25) is 0 Å². The van der Waals surface area contributed by atoms with Gasteiger partial charge < -0.3 is 9.47 Å². The van der Waals surface area contributed by atoms with Gasteiger partial charge in [-0.1, -0.05) is 79.9 Å². The highest BCUT2D eigenvalue weighted by molar-refractivity contribution is 5.97. The summed E-state index contributed by atoms with van der Waals surface area (Å²) in [7, 11) is 0. The maximum atomic E-state index is 13.7. The van der Waals surface area contributed by atoms with Crippen molar-refractivity contribution in [3.05, 3.63) is 93.9 Å². The van der Waals surface area contributed by atoms with E-state index in [2.05, 4.69) is 5.10 Å². The lowest BCUT2D eigenvalue weighted by molar-refractivity contribution is 0.0652. The van der Waals surface area contributed by atoms with Crippen LogP contribution in [0.4, 0.5) is 0 Å². The van der Waals surface area contributed by atoms with E-state index in [1.165, 1.54) is 10.9 Å². The summed E-state index contributed by atoms with van der Waals surface area (Å²) in [5.41, 5.74) is 4.32. The van der Waals surface area contributed by atoms with Crippen molar-refractivity contribution >= 4 is 11.6 Å². The second-order valence-corrected chi connectivity index (χ2v) is 9.09. The van der Waals surface area contributed by atoms with Crippen LogP contribution in [0.5, 0.6) is 0 Å². The summed E-state index contributed by atoms with van der Waals surface area (Å²) in [6, 6.07) is 22.1. The van der Waals surface area contributed by atoms with Gasteiger partial charge in [0.1, 0.15) is 11.3 Å². The summed E-state index contributed by atoms with van der Waals surface area (Å²) < 4.78 is 3.48. The summed E-state index contributed by atoms with van der Waals surface area (Å²) in [6.07, 6.45) is 5.54. The van der Waals surface area contributed by atoms with E-state index < -0.39 is 0 Å². The third-order valence-corrected chi connectivity index (χ3v) is 7.03. The van der Waals surface area contributed by atoms with Crippen LogP contribution in [0, 0.1) is 0 Å². The van der Waals surface area contributed by atoms with Crippen molar-refractivity contribution in [2.75, 3.05) is 0 Å². The molecule has 4 aromatic rings. The first-order chi connectivity index (χ1) is 16.2. The minimum atomic E-state index is -0.182. The molecule has 0 spiro atoms. The van der Waals surface area contributed by atoms with Crippen molar-refractivity contribution in [1.29, 1.82) is 0 Å². The molecule has 2 aromatic carbocycles. The second kappa shape index (κ2) is 8.03. The zero-order chi connectivity index (χ0) is 22.4. The Labute approximate surface area is 192 Å². The van der Waals surface area contributed by atoms with E-state index >= 15 is 0 Å². The zero-order valence-electron chi connectivity index (χ0n) is 18.5. The molecule has 0 atom stereocenters. The number of amides is 1. The first-order valence-electron chi connectivity index (χ1n) is 11.8. The van der Waals surface area contributed by atoms with Crippen molar-refractivity contribution in [2.45, 2.75) is 51.2 Å². The number of aromatic nitrogens is 3. The van der Waals surface area contributed by atoms with E-state index in [1.54, 1.807) is 0 Å². The Morgan fingerprint density at radius 2 is 1.58 bits per heavy atom. The lowest BCUT2D eigenvalue weighted by atomic mass is 9.94. The lowest BCUT2D eigenvalue weighted by Crippen LogP contribution is -2.37. The quantitative estimate of drug-likeness (QED) is 0.471. The Bertz CT molecular complexity index is 1380. The molecule has 6 heteroatoms. The number of hydrogen-bond acceptors (Lipinski definition) is 3. The number of nitrogens with zero attached hydrogens (tertiary/aromatic N) is 4. The number of rotatable bonds is 4. The molecule has 0 saturated heterocycles. The normalized spacial score (nSPS) is 16.5. The van der Waals surface area contributed by atoms with Gasteiger partial charge in [-0.15, -0.1) is 0 Å². The van der Waals surface area contributed by atoms with Crippen LogP contribution in [-0.2, 0) is 13.1 Å². The van der Waals surface area contributed by atoms with Gasteiger partial charge in [-0.3, -0.25) is 9.59 Å². The van der Waals surface area contributed by atoms with E-state index in [1.807, 2.05) is 76.2 Å². The molecule has 0 radical (unpaired) electrons. The third-order valence-electron chi connectivity index (χ3n) is 7.03. The van der Waals surface area contributed by atoms with Gasteiger partial charge >= 0.3 is 0 Å². The van der Waals surface area contributed by atoms with Crippen molar-refractivity contribution in [1.82, 2.24) is 19.1 Å². The molecule has 0 N–H and O–H groups in total. The molecule has 6 nitrogen and oxygen atoms in total. The van der Waals surface area contributed by atoms with Crippen LogP contribution in [-0.4, -0.2) is 31.0 Å². The molecule has 6 rings (SSSR count). The maximum absolute atomic E-state index is 13.7. The highest BCUT2D eigenvalue weighted by atomic mass is 16.2. The first-order valence-corrected chi connectivity index (χ1v) is 11.8. The summed E-state index contributed by atoms with van der Waals surface area (Å²) in [5, 5.41) is 4.68. The molecule has 1 aliphatic heterocycles. The minimum Gasteiger partial charge on any atom is -0.330 e. The van der Waals surface area contributed by atoms with Gasteiger partial charge in [0.05, 0.1) is 17.8 Å². The van der Waals surface area contributed by atoms with Gasteiger partial charge in [-0.2, -0.15) is 9.61 Å². The van der Waals surface area contributed by atoms with Gasteiger partial charge in [-0.05, 0) is 18.4 Å². The standard InChI is InChI=1S/C27H26N4O2/c32-26-22-18-29(21-14-8-3-9-15-21)27(33)25(22)30(17-19-10-4-1-5-11-19)24-16-23(28-31(24)26)20-12-6-2-7-13-20/h1-2,4-7,10-13,16,21H,3,8-9,14-15,17-18H2. The molecule has 0 unspecified atom stereocenters. The van der Waals surface area contributed by atoms with Crippen molar-refractivity contribution in [3.8, 4) is 11.3 Å². The summed E-state index contributed by atoms with van der Waals surface area (Å²) >= 11 is 0. The van der Waals surface area contributed by atoms with E-state index in [0.29, 0.717) is 30.0 Å². The molecule has 166 valence electrons. The molecule has 2 aliphatic rings. The average molecular weight is 439 g/mol. The van der Waals surface area contributed by atoms with Gasteiger partial charge in [0, 0.05) is 24.2 Å². The topological polar surface area (TPSA) is 59.6 Å². The molecule has 0 bridgehead atoms. The lowest BCUT2D eigenvalue weighted by Gasteiger charge is -2.30. The van der Waals surface area contributed by atoms with E-state index in [-0.39, 0.29) is 17.5 Å². The Morgan fingerprint density at radius 1 is 0.879 bits per heavy atom. The van der Waals surface area contributed by atoms with E-state index in [9.17, 15) is 9.59 Å². The molecule has 1 fully saturated rings. The molecular weight excluding hydrogens is 412 g/mol. The largest absolute Gasteiger partial charge is 0.330 e. The van der Waals surface area contributed by atoms with Crippen LogP contribution in [0.15, 0.2) is 71.5 Å². The van der Waals surface area contributed by atoms with Crippen molar-refractivity contribution < 1.29 is 4.79 Å². The Kier molecular flexibility index (Phi) is 4.86. The van der Waals surface area contributed by atoms with Gasteiger partial charge in [0.2, 0.25) is 0 Å². The second-order valence-electron chi connectivity index (χ2n) is 9.09. The van der Waals surface area contributed by atoms with Gasteiger partial charge in [0.15, 0.2) is 0 Å². The molecule has 1 saturated carbocycles. The number of carbonyl (C=O) groups excluding carboxylic acids is 1. The van der Waals surface area contributed by atoms with Crippen LogP contribution in [0.25, 0.3) is 16.9 Å². The van der Waals surface area contributed by atoms with Crippen molar-refractivity contribution in [2.24, 2.45) is 0 Å². The fraction of sp³-hybridized carbons (Fsp3) is 0.296. The summed E-state index contributed by atoms with van der Waals surface area (Å²) in [4.78, 5) is 29.2. The molecule has 33 heavy (non-hydrogen) atoms. The fourth-order valence-electron chi connectivity index (χ4n) is 5.35. The summed E-state index contributed by atoms with van der Waals surface area (Å²) in [6.45, 7) is 0.889. The molecule has 1 aliphatic carbocycles.